The summed E-state index contributed by atoms with van der Waals surface area (Å²) in [6.07, 6.45) is 2.21. The largest absolute Gasteiger partial charge is 0.493 e. The molecule has 1 aromatic carbocycles. The summed E-state index contributed by atoms with van der Waals surface area (Å²) in [5.74, 6) is 0.583. The number of rotatable bonds is 4. The standard InChI is InChI=1S/C10H10ClNO3/c1-2-15-10-4-3-9(11)7-8(10)5-6-12(13)14/h3-7H,2H2,1H3. The Hall–Kier alpha value is -1.55. The van der Waals surface area contributed by atoms with Crippen LogP contribution in [0.5, 0.6) is 5.75 Å². The lowest BCUT2D eigenvalue weighted by atomic mass is 10.2. The second-order valence-corrected chi connectivity index (χ2v) is 3.15. The van der Waals surface area contributed by atoms with Gasteiger partial charge in [0, 0.05) is 16.7 Å². The molecule has 0 N–H and O–H groups in total. The monoisotopic (exact) mass is 227 g/mol. The van der Waals surface area contributed by atoms with Gasteiger partial charge in [0.25, 0.3) is 0 Å². The van der Waals surface area contributed by atoms with Crippen molar-refractivity contribution in [1.29, 1.82) is 0 Å². The van der Waals surface area contributed by atoms with Crippen LogP contribution in [0, 0.1) is 10.1 Å². The molecule has 0 saturated carbocycles. The van der Waals surface area contributed by atoms with Crippen LogP contribution in [0.2, 0.25) is 5.02 Å². The van der Waals surface area contributed by atoms with Gasteiger partial charge in [-0.1, -0.05) is 11.6 Å². The maximum Gasteiger partial charge on any atom is 0.235 e. The van der Waals surface area contributed by atoms with Gasteiger partial charge in [0.2, 0.25) is 6.20 Å². The van der Waals surface area contributed by atoms with Crippen molar-refractivity contribution in [2.45, 2.75) is 6.92 Å². The van der Waals surface area contributed by atoms with Crippen LogP contribution in [-0.4, -0.2) is 11.5 Å². The molecule has 0 atom stereocenters. The summed E-state index contributed by atoms with van der Waals surface area (Å²) >= 11 is 5.77. The topological polar surface area (TPSA) is 52.4 Å². The average molecular weight is 228 g/mol. The number of hydrogen-bond acceptors (Lipinski definition) is 3. The molecule has 1 rings (SSSR count). The number of halogens is 1. The highest BCUT2D eigenvalue weighted by molar-refractivity contribution is 6.30. The van der Waals surface area contributed by atoms with E-state index in [2.05, 4.69) is 0 Å². The molecule has 0 bridgehead atoms. The predicted octanol–water partition coefficient (Wildman–Crippen LogP) is 2.99. The summed E-state index contributed by atoms with van der Waals surface area (Å²) in [4.78, 5) is 9.64. The van der Waals surface area contributed by atoms with Gasteiger partial charge < -0.3 is 4.74 Å². The van der Waals surface area contributed by atoms with Crippen LogP contribution in [-0.2, 0) is 0 Å². The van der Waals surface area contributed by atoms with E-state index in [0.29, 0.717) is 22.9 Å². The zero-order chi connectivity index (χ0) is 11.3. The average Bonchev–Trinajstić information content (AvgIpc) is 2.18. The van der Waals surface area contributed by atoms with Crippen LogP contribution in [0.3, 0.4) is 0 Å². The number of hydrogen-bond donors (Lipinski definition) is 0. The maximum atomic E-state index is 10.2. The number of nitrogens with zero attached hydrogens (tertiary/aromatic N) is 1. The molecular weight excluding hydrogens is 218 g/mol. The third-order valence-electron chi connectivity index (χ3n) is 1.65. The Morgan fingerprint density at radius 1 is 1.60 bits per heavy atom. The Morgan fingerprint density at radius 3 is 2.93 bits per heavy atom. The molecule has 0 fully saturated rings. The molecule has 0 radical (unpaired) electrons. The summed E-state index contributed by atoms with van der Waals surface area (Å²) in [6, 6.07) is 4.98. The number of benzene rings is 1. The van der Waals surface area contributed by atoms with Crippen molar-refractivity contribution in [3.8, 4) is 5.75 Å². The van der Waals surface area contributed by atoms with Crippen LogP contribution in [0.25, 0.3) is 6.08 Å². The molecular formula is C10H10ClNO3. The van der Waals surface area contributed by atoms with Gasteiger partial charge in [0.05, 0.1) is 11.5 Å². The summed E-state index contributed by atoms with van der Waals surface area (Å²) in [5.41, 5.74) is 0.598. The third kappa shape index (κ3) is 3.59. The maximum absolute atomic E-state index is 10.2. The van der Waals surface area contributed by atoms with Gasteiger partial charge in [-0.15, -0.1) is 0 Å². The minimum Gasteiger partial charge on any atom is -0.493 e. The molecule has 0 aliphatic carbocycles. The van der Waals surface area contributed by atoms with Gasteiger partial charge in [-0.05, 0) is 25.1 Å². The van der Waals surface area contributed by atoms with Gasteiger partial charge in [-0.25, -0.2) is 0 Å². The molecule has 0 saturated heterocycles. The van der Waals surface area contributed by atoms with E-state index in [-0.39, 0.29) is 0 Å². The minimum absolute atomic E-state index is 0.501. The highest BCUT2D eigenvalue weighted by atomic mass is 35.5. The fraction of sp³-hybridized carbons (Fsp3) is 0.200. The van der Waals surface area contributed by atoms with E-state index in [4.69, 9.17) is 16.3 Å². The summed E-state index contributed by atoms with van der Waals surface area (Å²) in [6.45, 7) is 2.34. The number of ether oxygens (including phenoxy) is 1. The second kappa shape index (κ2) is 5.36. The van der Waals surface area contributed by atoms with Gasteiger partial charge in [0.15, 0.2) is 0 Å². The molecule has 0 aliphatic rings. The summed E-state index contributed by atoms with van der Waals surface area (Å²) in [7, 11) is 0. The van der Waals surface area contributed by atoms with E-state index in [9.17, 15) is 10.1 Å². The number of nitro groups is 1. The van der Waals surface area contributed by atoms with Crippen molar-refractivity contribution in [3.05, 3.63) is 45.1 Å². The molecule has 0 spiro atoms. The molecule has 0 unspecified atom stereocenters. The van der Waals surface area contributed by atoms with Crippen LogP contribution < -0.4 is 4.74 Å². The van der Waals surface area contributed by atoms with Gasteiger partial charge in [-0.3, -0.25) is 10.1 Å². The Bertz CT molecular complexity index is 390. The van der Waals surface area contributed by atoms with Gasteiger partial charge >= 0.3 is 0 Å². The van der Waals surface area contributed by atoms with E-state index in [1.807, 2.05) is 6.92 Å². The molecule has 0 aliphatic heterocycles. The Kier molecular flexibility index (Phi) is 4.12. The molecule has 15 heavy (non-hydrogen) atoms. The molecule has 0 heterocycles. The minimum atomic E-state index is -0.531. The van der Waals surface area contributed by atoms with E-state index < -0.39 is 4.92 Å². The first-order valence-corrected chi connectivity index (χ1v) is 4.75. The first-order valence-electron chi connectivity index (χ1n) is 4.37. The smallest absolute Gasteiger partial charge is 0.235 e. The fourth-order valence-electron chi connectivity index (χ4n) is 1.08. The van der Waals surface area contributed by atoms with E-state index in [1.54, 1.807) is 18.2 Å². The quantitative estimate of drug-likeness (QED) is 0.587. The lowest BCUT2D eigenvalue weighted by Crippen LogP contribution is -1.94. The highest BCUT2D eigenvalue weighted by Gasteiger charge is 2.02. The zero-order valence-corrected chi connectivity index (χ0v) is 8.90. The first-order chi connectivity index (χ1) is 7.13. The summed E-state index contributed by atoms with van der Waals surface area (Å²) in [5, 5.41) is 10.7. The van der Waals surface area contributed by atoms with Crippen LogP contribution in [0.4, 0.5) is 0 Å². The third-order valence-corrected chi connectivity index (χ3v) is 1.88. The lowest BCUT2D eigenvalue weighted by Gasteiger charge is -2.06. The van der Waals surface area contributed by atoms with E-state index >= 15 is 0 Å². The lowest BCUT2D eigenvalue weighted by molar-refractivity contribution is -0.400. The summed E-state index contributed by atoms with van der Waals surface area (Å²) < 4.78 is 5.29. The van der Waals surface area contributed by atoms with Crippen LogP contribution >= 0.6 is 11.6 Å². The Labute approximate surface area is 92.3 Å². The van der Waals surface area contributed by atoms with Crippen LogP contribution in [0.1, 0.15) is 12.5 Å². The molecule has 0 aromatic heterocycles. The second-order valence-electron chi connectivity index (χ2n) is 2.72. The van der Waals surface area contributed by atoms with Gasteiger partial charge in [-0.2, -0.15) is 0 Å². The fourth-order valence-corrected chi connectivity index (χ4v) is 1.26. The van der Waals surface area contributed by atoms with Crippen LogP contribution in [0.15, 0.2) is 24.4 Å². The SMILES string of the molecule is CCOc1ccc(Cl)cc1C=C[N+](=O)[O-]. The van der Waals surface area contributed by atoms with Gasteiger partial charge in [0.1, 0.15) is 5.75 Å². The molecule has 4 nitrogen and oxygen atoms in total. The van der Waals surface area contributed by atoms with Crippen molar-refractivity contribution in [3.63, 3.8) is 0 Å². The highest BCUT2D eigenvalue weighted by Crippen LogP contribution is 2.24. The molecule has 5 heteroatoms. The molecule has 80 valence electrons. The van der Waals surface area contributed by atoms with Crippen molar-refractivity contribution >= 4 is 17.7 Å². The van der Waals surface area contributed by atoms with E-state index in [0.717, 1.165) is 6.20 Å². The zero-order valence-electron chi connectivity index (χ0n) is 8.14. The van der Waals surface area contributed by atoms with E-state index in [1.165, 1.54) is 6.08 Å². The normalized spacial score (nSPS) is 10.5. The molecule has 0 amide bonds. The van der Waals surface area contributed by atoms with Crippen molar-refractivity contribution < 1.29 is 9.66 Å². The Morgan fingerprint density at radius 2 is 2.33 bits per heavy atom. The van der Waals surface area contributed by atoms with Crippen molar-refractivity contribution in [1.82, 2.24) is 0 Å². The Balaban J connectivity index is 3.01. The first kappa shape index (κ1) is 11.5. The molecule has 1 aromatic rings. The van der Waals surface area contributed by atoms with Crippen molar-refractivity contribution in [2.24, 2.45) is 0 Å². The van der Waals surface area contributed by atoms with Crippen molar-refractivity contribution in [2.75, 3.05) is 6.61 Å². The predicted molar refractivity (Wildman–Crippen MR) is 58.6 cm³/mol.